The van der Waals surface area contributed by atoms with Crippen LogP contribution in [0.25, 0.3) is 86.9 Å². The van der Waals surface area contributed by atoms with Crippen molar-refractivity contribution in [2.45, 2.75) is 0 Å². The smallest absolute Gasteiger partial charge is 0.211 e. The third-order valence-corrected chi connectivity index (χ3v) is 9.37. The van der Waals surface area contributed by atoms with Crippen molar-refractivity contribution in [2.75, 3.05) is 0 Å². The van der Waals surface area contributed by atoms with Crippen LogP contribution < -0.4 is 0 Å². The summed E-state index contributed by atoms with van der Waals surface area (Å²) in [6, 6.07) is 54.3. The summed E-state index contributed by atoms with van der Waals surface area (Å²) in [5.41, 5.74) is 11.4. The Hall–Kier alpha value is -6.88. The molecule has 9 aromatic rings. The highest BCUT2D eigenvalue weighted by molar-refractivity contribution is 6.16. The summed E-state index contributed by atoms with van der Waals surface area (Å²) in [5.74, 6) is 0. The van der Waals surface area contributed by atoms with Crippen molar-refractivity contribution in [1.82, 2.24) is 9.13 Å². The molecule has 0 aliphatic heterocycles. The van der Waals surface area contributed by atoms with E-state index in [1.54, 1.807) is 0 Å². The van der Waals surface area contributed by atoms with Gasteiger partial charge in [0.2, 0.25) is 5.69 Å². The molecule has 0 fully saturated rings. The van der Waals surface area contributed by atoms with E-state index in [1.165, 1.54) is 21.8 Å². The van der Waals surface area contributed by atoms with E-state index in [-0.39, 0.29) is 0 Å². The Bertz CT molecular complexity index is 2760. The van der Waals surface area contributed by atoms with E-state index < -0.39 is 0 Å². The molecule has 0 unspecified atom stereocenters. The summed E-state index contributed by atoms with van der Waals surface area (Å²) in [6.45, 7) is 16.2. The Morgan fingerprint density at radius 1 is 0.396 bits per heavy atom. The van der Waals surface area contributed by atoms with Gasteiger partial charge in [-0.15, -0.1) is 0 Å². The summed E-state index contributed by atoms with van der Waals surface area (Å²) in [5, 5.41) is 4.36. The molecule has 4 heteroatoms. The quantitative estimate of drug-likeness (QED) is 0.177. The second kappa shape index (κ2) is 10.9. The number of para-hydroxylation sites is 4. The molecule has 2 aromatic heterocycles. The van der Waals surface area contributed by atoms with Crippen LogP contribution in [0.5, 0.6) is 0 Å². The molecule has 48 heavy (non-hydrogen) atoms. The van der Waals surface area contributed by atoms with Crippen LogP contribution in [0, 0.1) is 13.1 Å². The Balaban J connectivity index is 1.30. The first-order valence-electron chi connectivity index (χ1n) is 15.9. The van der Waals surface area contributed by atoms with Crippen LogP contribution in [0.1, 0.15) is 0 Å². The number of rotatable bonds is 4. The lowest BCUT2D eigenvalue weighted by molar-refractivity contribution is 1.18. The maximum Gasteiger partial charge on any atom is 0.211 e. The van der Waals surface area contributed by atoms with Gasteiger partial charge >= 0.3 is 0 Å². The first kappa shape index (κ1) is 27.4. The number of benzene rings is 7. The second-order valence-electron chi connectivity index (χ2n) is 11.9. The van der Waals surface area contributed by atoms with Gasteiger partial charge in [-0.05, 0) is 64.0 Å². The molecular weight excluding hydrogens is 585 g/mol. The molecule has 0 atom stereocenters. The Morgan fingerprint density at radius 3 is 1.62 bits per heavy atom. The van der Waals surface area contributed by atoms with Crippen LogP contribution in [-0.2, 0) is 0 Å². The van der Waals surface area contributed by atoms with E-state index in [4.69, 9.17) is 13.1 Å². The van der Waals surface area contributed by atoms with Gasteiger partial charge in [0.15, 0.2) is 5.69 Å². The van der Waals surface area contributed by atoms with Gasteiger partial charge in [0.1, 0.15) is 0 Å². The predicted molar refractivity (Wildman–Crippen MR) is 199 cm³/mol. The Morgan fingerprint density at radius 2 is 0.917 bits per heavy atom. The zero-order valence-corrected chi connectivity index (χ0v) is 25.8. The number of hydrogen-bond donors (Lipinski definition) is 0. The summed E-state index contributed by atoms with van der Waals surface area (Å²) in [4.78, 5) is 7.92. The van der Waals surface area contributed by atoms with Crippen molar-refractivity contribution in [2.24, 2.45) is 0 Å². The minimum absolute atomic E-state index is 0.553. The minimum Gasteiger partial charge on any atom is -0.320 e. The fraction of sp³-hybridized carbons (Fsp3) is 0. The summed E-state index contributed by atoms with van der Waals surface area (Å²) < 4.78 is 4.52. The zero-order valence-electron chi connectivity index (χ0n) is 25.8. The third kappa shape index (κ3) is 4.01. The molecule has 0 aliphatic carbocycles. The van der Waals surface area contributed by atoms with E-state index in [0.29, 0.717) is 11.4 Å². The van der Waals surface area contributed by atoms with Crippen molar-refractivity contribution in [3.63, 3.8) is 0 Å². The normalized spacial score (nSPS) is 11.3. The van der Waals surface area contributed by atoms with Crippen LogP contribution in [0.3, 0.4) is 0 Å². The minimum atomic E-state index is 0.553. The third-order valence-electron chi connectivity index (χ3n) is 9.37. The van der Waals surface area contributed by atoms with Crippen LogP contribution in [0.4, 0.5) is 11.4 Å². The fourth-order valence-corrected chi connectivity index (χ4v) is 7.39. The van der Waals surface area contributed by atoms with Gasteiger partial charge < -0.3 is 9.13 Å². The first-order valence-corrected chi connectivity index (χ1v) is 15.9. The van der Waals surface area contributed by atoms with Gasteiger partial charge in [0, 0.05) is 27.4 Å². The average molecular weight is 611 g/mol. The van der Waals surface area contributed by atoms with Gasteiger partial charge in [0.05, 0.1) is 35.4 Å². The van der Waals surface area contributed by atoms with Crippen LogP contribution >= 0.6 is 0 Å². The van der Waals surface area contributed by atoms with E-state index in [1.807, 2.05) is 36.4 Å². The summed E-state index contributed by atoms with van der Waals surface area (Å²) in [7, 11) is 0. The van der Waals surface area contributed by atoms with Crippen LogP contribution in [0.2, 0.25) is 0 Å². The molecule has 2 heterocycles. The average Bonchev–Trinajstić information content (AvgIpc) is 3.67. The number of hydrogen-bond acceptors (Lipinski definition) is 0. The van der Waals surface area contributed by atoms with E-state index in [0.717, 1.165) is 55.4 Å². The molecule has 0 radical (unpaired) electrons. The molecule has 0 amide bonds. The molecule has 0 saturated carbocycles. The second-order valence-corrected chi connectivity index (χ2v) is 11.9. The summed E-state index contributed by atoms with van der Waals surface area (Å²) in [6.07, 6.45) is 0. The van der Waals surface area contributed by atoms with Crippen molar-refractivity contribution in [1.29, 1.82) is 0 Å². The standard InChI is InChI=1S/C44H26N4/c1-45-37-22-13-27-42-43(37)36-20-7-10-26-41(36)48(42)44-35(21-12-23-38(44)46-2)32-17-4-3-16-31(32)29-14-11-15-30(28-29)47-39-24-8-5-18-33(39)34-19-6-9-25-40(34)47/h3-28H. The molecule has 0 saturated heterocycles. The van der Waals surface area contributed by atoms with Gasteiger partial charge in [-0.2, -0.15) is 0 Å². The first-order chi connectivity index (χ1) is 23.8. The summed E-state index contributed by atoms with van der Waals surface area (Å²) >= 11 is 0. The van der Waals surface area contributed by atoms with Gasteiger partial charge in [0.25, 0.3) is 0 Å². The largest absolute Gasteiger partial charge is 0.320 e. The highest BCUT2D eigenvalue weighted by Crippen LogP contribution is 2.45. The molecule has 0 N–H and O–H groups in total. The predicted octanol–water partition coefficient (Wildman–Crippen LogP) is 12.3. The molecular formula is C44H26N4. The van der Waals surface area contributed by atoms with Crippen molar-refractivity contribution >= 4 is 55.0 Å². The van der Waals surface area contributed by atoms with Gasteiger partial charge in [-0.1, -0.05) is 121 Å². The van der Waals surface area contributed by atoms with E-state index in [9.17, 15) is 0 Å². The molecule has 9 rings (SSSR count). The Labute approximate surface area is 277 Å². The molecule has 222 valence electrons. The lowest BCUT2D eigenvalue weighted by Gasteiger charge is -2.19. The topological polar surface area (TPSA) is 18.6 Å². The number of nitrogens with zero attached hydrogens (tertiary/aromatic N) is 4. The zero-order chi connectivity index (χ0) is 32.2. The SMILES string of the molecule is [C-]#[N+]c1cccc(-c2ccccc2-c2cccc(-n3c4ccccc4c4ccccc43)c2)c1-n1c2ccccc2c2c([N+]#[C-])cccc21. The maximum absolute atomic E-state index is 8.26. The van der Waals surface area contributed by atoms with Crippen molar-refractivity contribution < 1.29 is 0 Å². The fourth-order valence-electron chi connectivity index (χ4n) is 7.39. The Kier molecular flexibility index (Phi) is 6.22. The highest BCUT2D eigenvalue weighted by atomic mass is 15.0. The monoisotopic (exact) mass is 610 g/mol. The van der Waals surface area contributed by atoms with E-state index in [2.05, 4.69) is 140 Å². The van der Waals surface area contributed by atoms with Crippen molar-refractivity contribution in [3.05, 3.63) is 181 Å². The molecule has 7 aromatic carbocycles. The van der Waals surface area contributed by atoms with Gasteiger partial charge in [-0.25, -0.2) is 9.69 Å². The van der Waals surface area contributed by atoms with Crippen LogP contribution in [0.15, 0.2) is 158 Å². The maximum atomic E-state index is 8.26. The lowest BCUT2D eigenvalue weighted by atomic mass is 9.92. The van der Waals surface area contributed by atoms with Crippen molar-refractivity contribution in [3.8, 4) is 33.6 Å². The highest BCUT2D eigenvalue weighted by Gasteiger charge is 2.22. The van der Waals surface area contributed by atoms with E-state index >= 15 is 0 Å². The lowest BCUT2D eigenvalue weighted by Crippen LogP contribution is -1.99. The van der Waals surface area contributed by atoms with Crippen LogP contribution in [-0.4, -0.2) is 9.13 Å². The molecule has 0 bridgehead atoms. The molecule has 4 nitrogen and oxygen atoms in total. The molecule has 0 aliphatic rings. The number of aromatic nitrogens is 2. The number of fused-ring (bicyclic) bond motifs is 6. The molecule has 0 spiro atoms. The van der Waals surface area contributed by atoms with Gasteiger partial charge in [-0.3, -0.25) is 0 Å².